The summed E-state index contributed by atoms with van der Waals surface area (Å²) in [6, 6.07) is 15.7. The molecule has 0 radical (unpaired) electrons. The lowest BCUT2D eigenvalue weighted by Gasteiger charge is -2.37. The molecule has 11 heteroatoms. The van der Waals surface area contributed by atoms with E-state index in [9.17, 15) is 24.3 Å². The van der Waals surface area contributed by atoms with E-state index < -0.39 is 47.7 Å². The third-order valence-corrected chi connectivity index (χ3v) is 11.6. The maximum atomic E-state index is 15.0. The molecule has 292 valence electrons. The number of esters is 1. The number of allylic oxidation sites excluding steroid dienone is 1. The van der Waals surface area contributed by atoms with Crippen LogP contribution >= 0.6 is 0 Å². The molecule has 5 rings (SSSR count). The van der Waals surface area contributed by atoms with E-state index in [0.29, 0.717) is 44.2 Å². The van der Waals surface area contributed by atoms with Crippen molar-refractivity contribution in [2.24, 2.45) is 11.8 Å². The first kappa shape index (κ1) is 40.7. The highest BCUT2D eigenvalue weighted by Crippen LogP contribution is 2.59. The molecule has 3 aliphatic heterocycles. The van der Waals surface area contributed by atoms with E-state index in [1.54, 1.807) is 33.9 Å². The number of likely N-dealkylation sites (tertiary alicyclic amines) is 1. The van der Waals surface area contributed by atoms with E-state index in [4.69, 9.17) is 9.47 Å². The van der Waals surface area contributed by atoms with Crippen LogP contribution in [0.25, 0.3) is 0 Å². The average Bonchev–Trinajstić information content (AvgIpc) is 3.84. The van der Waals surface area contributed by atoms with Crippen molar-refractivity contribution in [2.75, 3.05) is 49.6 Å². The first-order valence-electron chi connectivity index (χ1n) is 19.6. The third-order valence-electron chi connectivity index (χ3n) is 11.6. The normalized spacial score (nSPS) is 23.7. The average molecular weight is 743 g/mol. The fourth-order valence-electron chi connectivity index (χ4n) is 8.67. The molecular weight excluding hydrogens is 684 g/mol. The number of aliphatic hydroxyl groups excluding tert-OH is 1. The number of carbonyl (C=O) groups excluding carboxylic acids is 4. The minimum absolute atomic E-state index is 0.0359. The lowest BCUT2D eigenvalue weighted by Crippen LogP contribution is -2.56. The number of aliphatic hydroxyl groups is 1. The number of hydrogen-bond acceptors (Lipinski definition) is 8. The van der Waals surface area contributed by atoms with Crippen LogP contribution in [0.2, 0.25) is 0 Å². The van der Waals surface area contributed by atoms with Gasteiger partial charge in [-0.2, -0.15) is 0 Å². The Labute approximate surface area is 320 Å². The Balaban J connectivity index is 1.48. The Morgan fingerprint density at radius 2 is 1.70 bits per heavy atom. The van der Waals surface area contributed by atoms with Gasteiger partial charge in [0.25, 0.3) is 5.91 Å². The van der Waals surface area contributed by atoms with Crippen LogP contribution in [0.15, 0.2) is 79.9 Å². The number of benzene rings is 2. The molecule has 3 aliphatic rings. The van der Waals surface area contributed by atoms with Gasteiger partial charge < -0.3 is 34.2 Å². The van der Waals surface area contributed by atoms with E-state index in [2.05, 4.69) is 31.9 Å². The van der Waals surface area contributed by atoms with Gasteiger partial charge in [0, 0.05) is 57.6 Å². The maximum absolute atomic E-state index is 15.0. The van der Waals surface area contributed by atoms with Crippen molar-refractivity contribution in [1.29, 1.82) is 0 Å². The highest BCUT2D eigenvalue weighted by Gasteiger charge is 2.75. The summed E-state index contributed by atoms with van der Waals surface area (Å²) in [6.45, 7) is 15.9. The molecule has 0 aliphatic carbocycles. The Morgan fingerprint density at radius 3 is 2.33 bits per heavy atom. The molecule has 0 unspecified atom stereocenters. The fourth-order valence-corrected chi connectivity index (χ4v) is 8.67. The van der Waals surface area contributed by atoms with Crippen molar-refractivity contribution in [3.05, 3.63) is 85.5 Å². The molecule has 54 heavy (non-hydrogen) atoms. The molecule has 3 amide bonds. The predicted molar refractivity (Wildman–Crippen MR) is 210 cm³/mol. The van der Waals surface area contributed by atoms with Gasteiger partial charge in [0.2, 0.25) is 11.8 Å². The molecule has 0 aromatic heterocycles. The quantitative estimate of drug-likeness (QED) is 0.105. The number of likely N-dealkylation sites (N-methyl/N-ethyl adjacent to an activating group) is 1. The summed E-state index contributed by atoms with van der Waals surface area (Å²) in [5, 5.41) is 9.45. The zero-order chi connectivity index (χ0) is 39.0. The second kappa shape index (κ2) is 18.2. The fraction of sp³-hybridized carbons (Fsp3) is 0.535. The van der Waals surface area contributed by atoms with Crippen LogP contribution in [0.3, 0.4) is 0 Å². The molecule has 1 N–H and O–H groups in total. The highest BCUT2D eigenvalue weighted by atomic mass is 16.6. The van der Waals surface area contributed by atoms with Crippen molar-refractivity contribution < 1.29 is 33.8 Å². The summed E-state index contributed by atoms with van der Waals surface area (Å²) >= 11 is 0. The molecule has 11 nitrogen and oxygen atoms in total. The van der Waals surface area contributed by atoms with Crippen molar-refractivity contribution >= 4 is 35.1 Å². The molecular formula is C43H58N4O7. The van der Waals surface area contributed by atoms with Gasteiger partial charge in [-0.25, -0.2) is 0 Å². The monoisotopic (exact) mass is 742 g/mol. The van der Waals surface area contributed by atoms with Crippen molar-refractivity contribution in [3.63, 3.8) is 0 Å². The van der Waals surface area contributed by atoms with Gasteiger partial charge in [0.1, 0.15) is 17.7 Å². The molecule has 2 aromatic carbocycles. The van der Waals surface area contributed by atoms with Gasteiger partial charge in [-0.1, -0.05) is 42.5 Å². The first-order valence-corrected chi connectivity index (χ1v) is 19.6. The molecule has 0 saturated carbocycles. The molecule has 7 atom stereocenters. The topological polar surface area (TPSA) is 120 Å². The summed E-state index contributed by atoms with van der Waals surface area (Å²) in [5.41, 5.74) is 1.23. The highest BCUT2D eigenvalue weighted by molar-refractivity contribution is 6.04. The van der Waals surface area contributed by atoms with Crippen molar-refractivity contribution in [1.82, 2.24) is 9.80 Å². The van der Waals surface area contributed by atoms with E-state index in [0.717, 1.165) is 24.3 Å². The molecule has 3 fully saturated rings. The maximum Gasteiger partial charge on any atom is 0.313 e. The minimum Gasteiger partial charge on any atom is -0.455 e. The summed E-state index contributed by atoms with van der Waals surface area (Å²) in [4.78, 5) is 64.3. The van der Waals surface area contributed by atoms with E-state index in [1.165, 1.54) is 0 Å². The smallest absolute Gasteiger partial charge is 0.313 e. The minimum atomic E-state index is -1.22. The lowest BCUT2D eigenvalue weighted by molar-refractivity contribution is -0.164. The zero-order valence-electron chi connectivity index (χ0n) is 32.4. The summed E-state index contributed by atoms with van der Waals surface area (Å²) in [7, 11) is 1.70. The van der Waals surface area contributed by atoms with E-state index in [1.807, 2.05) is 61.5 Å². The summed E-state index contributed by atoms with van der Waals surface area (Å²) in [5.74, 6) is -3.09. The number of amides is 3. The predicted octanol–water partition coefficient (Wildman–Crippen LogP) is 5.69. The number of rotatable bonds is 20. The number of ether oxygens (including phenoxy) is 2. The van der Waals surface area contributed by atoms with Gasteiger partial charge in [-0.05, 0) is 89.1 Å². The Hall–Kier alpha value is -4.48. The van der Waals surface area contributed by atoms with E-state index >= 15 is 0 Å². The zero-order valence-corrected chi connectivity index (χ0v) is 32.4. The van der Waals surface area contributed by atoms with Crippen molar-refractivity contribution in [2.45, 2.75) is 95.6 Å². The number of carbonyl (C=O) groups is 4. The standard InChI is InChI=1S/C43H58N4O7/c1-7-11-20-35(49)44(6)30(5)38(31-18-14-12-15-19-31)53-42(52)36-34-25-26-43(54-34)37(36)40(50)47(28-16-13-17-29-48)39(43)41(51)46(27-8-2)33-23-21-32(22-24-33)45(9-3)10-4/h7-8,12,14-15,18-19,21-24,30,34,36-39,48H,1-2,9-11,13,16-17,20,25-29H2,3-6H3/t30-,34-,36+,37+,38+,39-,43+/m0/s1. The van der Waals surface area contributed by atoms with Crippen LogP contribution in [0.5, 0.6) is 0 Å². The van der Waals surface area contributed by atoms with Crippen molar-refractivity contribution in [3.8, 4) is 0 Å². The molecule has 2 aromatic rings. The second-order valence-corrected chi connectivity index (χ2v) is 14.6. The molecule has 3 heterocycles. The number of hydrogen-bond donors (Lipinski definition) is 1. The molecule has 1 spiro atoms. The number of nitrogens with zero attached hydrogens (tertiary/aromatic N) is 4. The number of unbranched alkanes of at least 4 members (excludes halogenated alkanes) is 2. The van der Waals surface area contributed by atoms with Crippen LogP contribution in [-0.4, -0.2) is 102 Å². The summed E-state index contributed by atoms with van der Waals surface area (Å²) in [6.07, 6.45) is 5.55. The Kier molecular flexibility index (Phi) is 13.7. The van der Waals surface area contributed by atoms with Crippen LogP contribution in [0.1, 0.15) is 77.4 Å². The van der Waals surface area contributed by atoms with E-state index in [-0.39, 0.29) is 43.8 Å². The van der Waals surface area contributed by atoms with Gasteiger partial charge in [0.15, 0.2) is 0 Å². The third kappa shape index (κ3) is 7.98. The van der Waals surface area contributed by atoms with Crippen LogP contribution in [0, 0.1) is 11.8 Å². The molecule has 3 saturated heterocycles. The van der Waals surface area contributed by atoms with Crippen LogP contribution in [-0.2, 0) is 28.7 Å². The summed E-state index contributed by atoms with van der Waals surface area (Å²) < 4.78 is 13.1. The SMILES string of the molecule is C=CCCC(=O)N(C)[C@@H](C)[C@@H](OC(=O)[C@@H]1[C@@H]2CC[C@]3(O2)[C@H](C(=O)N(CC=C)c2ccc(N(CC)CC)cc2)N(CCCCCO)C(=O)[C@@H]13)c1ccccc1. The largest absolute Gasteiger partial charge is 0.455 e. The van der Waals surface area contributed by atoms with Gasteiger partial charge in [-0.15, -0.1) is 13.2 Å². The Morgan fingerprint density at radius 1 is 1.02 bits per heavy atom. The number of fused-ring (bicyclic) bond motifs is 1. The first-order chi connectivity index (χ1) is 26.1. The van der Waals surface area contributed by atoms with Crippen LogP contribution in [0.4, 0.5) is 11.4 Å². The van der Waals surface area contributed by atoms with Gasteiger partial charge in [-0.3, -0.25) is 19.2 Å². The Bertz CT molecular complexity index is 1630. The lowest BCUT2D eigenvalue weighted by atomic mass is 9.70. The second-order valence-electron chi connectivity index (χ2n) is 14.6. The molecule has 2 bridgehead atoms. The number of anilines is 2. The van der Waals surface area contributed by atoms with Gasteiger partial charge >= 0.3 is 5.97 Å². The van der Waals surface area contributed by atoms with Crippen LogP contribution < -0.4 is 9.80 Å². The van der Waals surface area contributed by atoms with Gasteiger partial charge in [0.05, 0.1) is 24.0 Å².